The Labute approximate surface area is 199 Å². The van der Waals surface area contributed by atoms with Crippen LogP contribution < -0.4 is 14.4 Å². The Morgan fingerprint density at radius 1 is 1.16 bits per heavy atom. The predicted molar refractivity (Wildman–Crippen MR) is 131 cm³/mol. The van der Waals surface area contributed by atoms with Crippen molar-refractivity contribution in [2.24, 2.45) is 0 Å². The number of hydrogen-bond donors (Lipinski definition) is 1. The molecule has 0 saturated carbocycles. The summed E-state index contributed by atoms with van der Waals surface area (Å²) in [6.07, 6.45) is 0. The number of carbonyl (C=O) groups excluding carboxylic acids is 1. The van der Waals surface area contributed by atoms with Gasteiger partial charge in [-0.3, -0.25) is 10.2 Å². The van der Waals surface area contributed by atoms with Crippen LogP contribution in [0.15, 0.2) is 24.3 Å². The van der Waals surface area contributed by atoms with E-state index in [1.807, 2.05) is 31.1 Å². The van der Waals surface area contributed by atoms with Gasteiger partial charge >= 0.3 is 0 Å². The van der Waals surface area contributed by atoms with Gasteiger partial charge in [0.25, 0.3) is 0 Å². The maximum atomic E-state index is 15.0. The van der Waals surface area contributed by atoms with Gasteiger partial charge in [-0.15, -0.1) is 17.0 Å². The number of halogens is 2. The zero-order valence-corrected chi connectivity index (χ0v) is 21.3. The summed E-state index contributed by atoms with van der Waals surface area (Å²) in [5.74, 6) is -0.546. The molecule has 1 aliphatic rings. The van der Waals surface area contributed by atoms with E-state index in [2.05, 4.69) is 26.8 Å². The number of Topliss-reactive ketones (excluding diaryl/α,β-unsaturated/α-hetero) is 1. The molecule has 0 aromatic heterocycles. The molecule has 0 amide bonds. The fraction of sp³-hybridized carbons (Fsp3) is 0.417. The molecule has 174 valence electrons. The number of benzene rings is 2. The van der Waals surface area contributed by atoms with E-state index >= 15 is 0 Å². The van der Waals surface area contributed by atoms with Crippen molar-refractivity contribution >= 4 is 34.3 Å². The summed E-state index contributed by atoms with van der Waals surface area (Å²) in [5.41, 5.74) is 3.22. The van der Waals surface area contributed by atoms with E-state index in [-0.39, 0.29) is 64.2 Å². The SMILES string of the molecule is Br.COc1cc2c(c(F)c1OC)C(=N)N(CC(=O)c1cc(N(C)C)cc(C(C)(C)C)c1)C2. The summed E-state index contributed by atoms with van der Waals surface area (Å²) in [6, 6.07) is 7.52. The number of anilines is 1. The largest absolute Gasteiger partial charge is 0.493 e. The smallest absolute Gasteiger partial charge is 0.197 e. The van der Waals surface area contributed by atoms with Crippen LogP contribution in [-0.2, 0) is 12.0 Å². The maximum Gasteiger partial charge on any atom is 0.197 e. The van der Waals surface area contributed by atoms with Crippen molar-refractivity contribution in [3.8, 4) is 11.5 Å². The molecule has 2 aromatic carbocycles. The Morgan fingerprint density at radius 3 is 2.34 bits per heavy atom. The summed E-state index contributed by atoms with van der Waals surface area (Å²) in [6.45, 7) is 6.56. The molecule has 0 spiro atoms. The fourth-order valence-corrected chi connectivity index (χ4v) is 3.69. The lowest BCUT2D eigenvalue weighted by Crippen LogP contribution is -2.30. The minimum absolute atomic E-state index is 0. The lowest BCUT2D eigenvalue weighted by atomic mass is 9.85. The van der Waals surface area contributed by atoms with Crippen LogP contribution in [0.2, 0.25) is 0 Å². The summed E-state index contributed by atoms with van der Waals surface area (Å²) in [7, 11) is 6.67. The average molecular weight is 508 g/mol. The first kappa shape index (κ1) is 25.6. The van der Waals surface area contributed by atoms with Crippen molar-refractivity contribution in [1.82, 2.24) is 4.90 Å². The minimum atomic E-state index is -0.638. The van der Waals surface area contributed by atoms with Crippen molar-refractivity contribution in [3.63, 3.8) is 0 Å². The van der Waals surface area contributed by atoms with Gasteiger partial charge in [-0.25, -0.2) is 4.39 Å². The first-order chi connectivity index (χ1) is 14.5. The molecular formula is C24H31BrFN3O3. The number of methoxy groups -OCH3 is 2. The monoisotopic (exact) mass is 507 g/mol. The lowest BCUT2D eigenvalue weighted by Gasteiger charge is -2.24. The van der Waals surface area contributed by atoms with Gasteiger partial charge in [0, 0.05) is 31.9 Å². The number of ether oxygens (including phenoxy) is 2. The standard InChI is InChI=1S/C24H30FN3O3.BrH/c1-24(2,3)16-8-14(9-17(11-16)27(4)5)18(29)13-28-12-15-10-19(30-6)22(31-7)21(25)20(15)23(28)26;/h8-11,26H,12-13H2,1-7H3;1H. The Morgan fingerprint density at radius 2 is 1.81 bits per heavy atom. The van der Waals surface area contributed by atoms with Gasteiger partial charge < -0.3 is 19.3 Å². The first-order valence-corrected chi connectivity index (χ1v) is 10.1. The summed E-state index contributed by atoms with van der Waals surface area (Å²) in [4.78, 5) is 16.7. The third-order valence-electron chi connectivity index (χ3n) is 5.56. The number of rotatable bonds is 6. The highest BCUT2D eigenvalue weighted by molar-refractivity contribution is 8.93. The molecule has 6 nitrogen and oxygen atoms in total. The lowest BCUT2D eigenvalue weighted by molar-refractivity contribution is 0.0962. The van der Waals surface area contributed by atoms with Crippen LogP contribution in [-0.4, -0.2) is 51.4 Å². The number of ketones is 1. The number of nitrogens with one attached hydrogen (secondary N) is 1. The maximum absolute atomic E-state index is 15.0. The van der Waals surface area contributed by atoms with E-state index in [0.29, 0.717) is 11.1 Å². The van der Waals surface area contributed by atoms with E-state index in [1.54, 1.807) is 11.0 Å². The van der Waals surface area contributed by atoms with Crippen molar-refractivity contribution in [1.29, 1.82) is 5.41 Å². The van der Waals surface area contributed by atoms with Gasteiger partial charge in [-0.05, 0) is 40.8 Å². The van der Waals surface area contributed by atoms with Gasteiger partial charge in [-0.2, -0.15) is 0 Å². The molecule has 32 heavy (non-hydrogen) atoms. The molecule has 0 atom stereocenters. The summed E-state index contributed by atoms with van der Waals surface area (Å²) in [5, 5.41) is 8.46. The van der Waals surface area contributed by atoms with Crippen LogP contribution in [0.25, 0.3) is 0 Å². The molecule has 2 aromatic rings. The minimum Gasteiger partial charge on any atom is -0.493 e. The number of nitrogens with zero attached hydrogens (tertiary/aromatic N) is 2. The number of carbonyl (C=O) groups is 1. The van der Waals surface area contributed by atoms with Crippen LogP contribution >= 0.6 is 17.0 Å². The number of hydrogen-bond acceptors (Lipinski definition) is 5. The molecule has 0 bridgehead atoms. The molecule has 1 aliphatic heterocycles. The van der Waals surface area contributed by atoms with Gasteiger partial charge in [0.2, 0.25) is 0 Å². The van der Waals surface area contributed by atoms with Gasteiger partial charge in [0.1, 0.15) is 5.84 Å². The highest BCUT2D eigenvalue weighted by Crippen LogP contribution is 2.38. The van der Waals surface area contributed by atoms with Gasteiger partial charge in [0.05, 0.1) is 26.3 Å². The molecular weight excluding hydrogens is 477 g/mol. The zero-order chi connectivity index (χ0) is 23.1. The van der Waals surface area contributed by atoms with E-state index in [4.69, 9.17) is 14.9 Å². The van der Waals surface area contributed by atoms with Crippen LogP contribution in [0.4, 0.5) is 10.1 Å². The topological polar surface area (TPSA) is 65.9 Å². The van der Waals surface area contributed by atoms with Crippen LogP contribution in [0.3, 0.4) is 0 Å². The van der Waals surface area contributed by atoms with E-state index in [0.717, 1.165) is 11.3 Å². The Bertz CT molecular complexity index is 1050. The number of fused-ring (bicyclic) bond motifs is 1. The molecule has 1 N–H and O–H groups in total. The van der Waals surface area contributed by atoms with E-state index in [1.165, 1.54) is 14.2 Å². The highest BCUT2D eigenvalue weighted by atomic mass is 79.9. The van der Waals surface area contributed by atoms with Crippen LogP contribution in [0.5, 0.6) is 11.5 Å². The van der Waals surface area contributed by atoms with Gasteiger partial charge in [-0.1, -0.05) is 20.8 Å². The van der Waals surface area contributed by atoms with Crippen LogP contribution in [0, 0.1) is 11.2 Å². The van der Waals surface area contributed by atoms with Crippen molar-refractivity contribution in [2.45, 2.75) is 32.7 Å². The second-order valence-electron chi connectivity index (χ2n) is 9.00. The average Bonchev–Trinajstić information content (AvgIpc) is 3.02. The molecule has 0 saturated heterocycles. The normalized spacial score (nSPS) is 12.9. The van der Waals surface area contributed by atoms with Crippen molar-refractivity contribution in [3.05, 3.63) is 52.3 Å². The van der Waals surface area contributed by atoms with Crippen LogP contribution in [0.1, 0.15) is 47.8 Å². The molecule has 3 rings (SSSR count). The van der Waals surface area contributed by atoms with Crippen molar-refractivity contribution in [2.75, 3.05) is 39.8 Å². The summed E-state index contributed by atoms with van der Waals surface area (Å²) < 4.78 is 25.3. The molecule has 0 aliphatic carbocycles. The van der Waals surface area contributed by atoms with E-state index in [9.17, 15) is 9.18 Å². The predicted octanol–water partition coefficient (Wildman–Crippen LogP) is 4.81. The van der Waals surface area contributed by atoms with E-state index < -0.39 is 5.82 Å². The first-order valence-electron chi connectivity index (χ1n) is 10.1. The van der Waals surface area contributed by atoms with Crippen molar-refractivity contribution < 1.29 is 18.7 Å². The Hall–Kier alpha value is -2.61. The highest BCUT2D eigenvalue weighted by Gasteiger charge is 2.33. The fourth-order valence-electron chi connectivity index (χ4n) is 3.69. The number of amidine groups is 1. The second kappa shape index (κ2) is 9.48. The second-order valence-corrected chi connectivity index (χ2v) is 9.00. The quantitative estimate of drug-likeness (QED) is 0.568. The zero-order valence-electron chi connectivity index (χ0n) is 19.6. The molecule has 0 radical (unpaired) electrons. The molecule has 0 fully saturated rings. The molecule has 1 heterocycles. The van der Waals surface area contributed by atoms with Gasteiger partial charge in [0.15, 0.2) is 23.1 Å². The Balaban J connectivity index is 0.00000363. The molecule has 8 heteroatoms. The third-order valence-corrected chi connectivity index (χ3v) is 5.56. The summed E-state index contributed by atoms with van der Waals surface area (Å²) >= 11 is 0. The molecule has 0 unspecified atom stereocenters. The Kier molecular flexibility index (Phi) is 7.60. The third kappa shape index (κ3) is 4.75.